The summed E-state index contributed by atoms with van der Waals surface area (Å²) in [5.74, 6) is 0.0335. The van der Waals surface area contributed by atoms with Gasteiger partial charge in [0, 0.05) is 23.5 Å². The summed E-state index contributed by atoms with van der Waals surface area (Å²) in [6.45, 7) is 0. The summed E-state index contributed by atoms with van der Waals surface area (Å²) in [5, 5.41) is 7.15. The van der Waals surface area contributed by atoms with E-state index in [4.69, 9.17) is 0 Å². The number of aromatic nitrogens is 2. The van der Waals surface area contributed by atoms with E-state index in [1.165, 1.54) is 0 Å². The van der Waals surface area contributed by atoms with Crippen LogP contribution < -0.4 is 0 Å². The Morgan fingerprint density at radius 2 is 2.24 bits per heavy atom. The smallest absolute Gasteiger partial charge is 0.197 e. The first kappa shape index (κ1) is 10.2. The van der Waals surface area contributed by atoms with Crippen LogP contribution in [-0.4, -0.2) is 15.6 Å². The first-order chi connectivity index (χ1) is 8.25. The fourth-order valence-corrected chi connectivity index (χ4v) is 2.78. The minimum atomic E-state index is 0.0335. The molecule has 0 bridgehead atoms. The van der Waals surface area contributed by atoms with Crippen molar-refractivity contribution in [2.75, 3.05) is 0 Å². The van der Waals surface area contributed by atoms with Crippen LogP contribution in [-0.2, 0) is 7.05 Å². The molecule has 0 saturated carbocycles. The summed E-state index contributed by atoms with van der Waals surface area (Å²) in [5.41, 5.74) is 1.39. The third-order valence-electron chi connectivity index (χ3n) is 2.69. The molecular weight excluding hydrogens is 232 g/mol. The van der Waals surface area contributed by atoms with E-state index in [1.54, 1.807) is 28.4 Å². The van der Waals surface area contributed by atoms with Crippen LogP contribution in [0.15, 0.2) is 42.0 Å². The number of hydrogen-bond acceptors (Lipinski definition) is 3. The molecule has 0 fully saturated rings. The Balaban J connectivity index is 2.15. The van der Waals surface area contributed by atoms with Gasteiger partial charge in [-0.2, -0.15) is 5.10 Å². The Kier molecular flexibility index (Phi) is 2.30. The van der Waals surface area contributed by atoms with Gasteiger partial charge in [0.25, 0.3) is 0 Å². The van der Waals surface area contributed by atoms with Crippen molar-refractivity contribution in [2.45, 2.75) is 0 Å². The van der Waals surface area contributed by atoms with E-state index in [0.717, 1.165) is 15.6 Å². The summed E-state index contributed by atoms with van der Waals surface area (Å²) in [6, 6.07) is 7.83. The van der Waals surface area contributed by atoms with Crippen molar-refractivity contribution in [1.82, 2.24) is 9.78 Å². The van der Waals surface area contributed by atoms with Crippen LogP contribution in [0, 0.1) is 0 Å². The van der Waals surface area contributed by atoms with Gasteiger partial charge in [0.05, 0.1) is 11.8 Å². The third kappa shape index (κ3) is 1.66. The van der Waals surface area contributed by atoms with Crippen molar-refractivity contribution in [2.24, 2.45) is 7.05 Å². The lowest BCUT2D eigenvalue weighted by Gasteiger charge is -1.99. The quantitative estimate of drug-likeness (QED) is 0.648. The number of ketones is 1. The van der Waals surface area contributed by atoms with Crippen LogP contribution in [0.2, 0.25) is 0 Å². The highest BCUT2D eigenvalue weighted by Gasteiger charge is 2.14. The number of fused-ring (bicyclic) bond motifs is 1. The highest BCUT2D eigenvalue weighted by Crippen LogP contribution is 2.26. The second-order valence-corrected chi connectivity index (χ2v) is 4.79. The fraction of sp³-hybridized carbons (Fsp3) is 0.0769. The van der Waals surface area contributed by atoms with Crippen molar-refractivity contribution in [3.8, 4) is 0 Å². The molecule has 3 aromatic rings. The molecule has 0 N–H and O–H groups in total. The minimum Gasteiger partial charge on any atom is -0.288 e. The van der Waals surface area contributed by atoms with E-state index in [0.29, 0.717) is 5.56 Å². The Bertz CT molecular complexity index is 696. The number of hydrogen-bond donors (Lipinski definition) is 0. The number of thiophene rings is 1. The van der Waals surface area contributed by atoms with Crippen LogP contribution in [0.5, 0.6) is 0 Å². The van der Waals surface area contributed by atoms with Crippen molar-refractivity contribution >= 4 is 27.2 Å². The highest BCUT2D eigenvalue weighted by atomic mass is 32.1. The van der Waals surface area contributed by atoms with Crippen LogP contribution >= 0.6 is 11.3 Å². The zero-order valence-corrected chi connectivity index (χ0v) is 10.1. The average Bonchev–Trinajstić information content (AvgIpc) is 2.95. The Morgan fingerprint density at radius 3 is 3.00 bits per heavy atom. The molecule has 0 aliphatic carbocycles. The molecule has 4 heteroatoms. The molecule has 2 aromatic heterocycles. The van der Waals surface area contributed by atoms with E-state index in [1.807, 2.05) is 36.7 Å². The van der Waals surface area contributed by atoms with Gasteiger partial charge in [0.1, 0.15) is 0 Å². The number of nitrogens with zero attached hydrogens (tertiary/aromatic N) is 2. The van der Waals surface area contributed by atoms with Crippen molar-refractivity contribution in [1.29, 1.82) is 0 Å². The molecule has 3 nitrogen and oxygen atoms in total. The standard InChI is InChI=1S/C13H10N2OS/c1-15-8-10(7-14-15)12(16)11-4-2-3-9-5-6-17-13(9)11/h2-8H,1H3. The number of rotatable bonds is 2. The van der Waals surface area contributed by atoms with Gasteiger partial charge in [-0.1, -0.05) is 12.1 Å². The number of carbonyl (C=O) groups excluding carboxylic acids is 1. The van der Waals surface area contributed by atoms with E-state index >= 15 is 0 Å². The predicted molar refractivity (Wildman–Crippen MR) is 68.5 cm³/mol. The van der Waals surface area contributed by atoms with E-state index in [9.17, 15) is 4.79 Å². The molecule has 2 heterocycles. The first-order valence-corrected chi connectivity index (χ1v) is 6.13. The zero-order chi connectivity index (χ0) is 11.8. The molecule has 0 aliphatic heterocycles. The monoisotopic (exact) mass is 242 g/mol. The molecule has 84 valence electrons. The normalized spacial score (nSPS) is 10.9. The lowest BCUT2D eigenvalue weighted by molar-refractivity contribution is 0.104. The highest BCUT2D eigenvalue weighted by molar-refractivity contribution is 7.17. The summed E-state index contributed by atoms with van der Waals surface area (Å²) in [6.07, 6.45) is 3.35. The van der Waals surface area contributed by atoms with Gasteiger partial charge in [0.2, 0.25) is 0 Å². The third-order valence-corrected chi connectivity index (χ3v) is 3.65. The van der Waals surface area contributed by atoms with E-state index < -0.39 is 0 Å². The Morgan fingerprint density at radius 1 is 1.35 bits per heavy atom. The molecule has 0 atom stereocenters. The SMILES string of the molecule is Cn1cc(C(=O)c2cccc3ccsc23)cn1. The van der Waals surface area contributed by atoms with Gasteiger partial charge in [-0.05, 0) is 22.9 Å². The summed E-state index contributed by atoms with van der Waals surface area (Å²) < 4.78 is 2.68. The largest absolute Gasteiger partial charge is 0.288 e. The van der Waals surface area contributed by atoms with Gasteiger partial charge >= 0.3 is 0 Å². The lowest BCUT2D eigenvalue weighted by atomic mass is 10.1. The van der Waals surface area contributed by atoms with Gasteiger partial charge in [-0.25, -0.2) is 0 Å². The average molecular weight is 242 g/mol. The van der Waals surface area contributed by atoms with Crippen molar-refractivity contribution < 1.29 is 4.79 Å². The summed E-state index contributed by atoms with van der Waals surface area (Å²) >= 11 is 1.60. The molecule has 0 amide bonds. The zero-order valence-electron chi connectivity index (χ0n) is 9.25. The van der Waals surface area contributed by atoms with E-state index in [-0.39, 0.29) is 5.78 Å². The molecule has 17 heavy (non-hydrogen) atoms. The second kappa shape index (κ2) is 3.82. The summed E-state index contributed by atoms with van der Waals surface area (Å²) in [4.78, 5) is 12.3. The van der Waals surface area contributed by atoms with Crippen molar-refractivity contribution in [3.63, 3.8) is 0 Å². The number of benzene rings is 1. The van der Waals surface area contributed by atoms with Gasteiger partial charge in [-0.3, -0.25) is 9.48 Å². The van der Waals surface area contributed by atoms with Crippen LogP contribution in [0.1, 0.15) is 15.9 Å². The molecular formula is C13H10N2OS. The molecule has 0 unspecified atom stereocenters. The Labute approximate surface area is 102 Å². The molecule has 0 saturated heterocycles. The molecule has 0 spiro atoms. The lowest BCUT2D eigenvalue weighted by Crippen LogP contribution is -1.99. The topological polar surface area (TPSA) is 34.9 Å². The molecule has 3 rings (SSSR count). The van der Waals surface area contributed by atoms with Gasteiger partial charge in [0.15, 0.2) is 5.78 Å². The van der Waals surface area contributed by atoms with Crippen LogP contribution in [0.3, 0.4) is 0 Å². The summed E-state index contributed by atoms with van der Waals surface area (Å²) in [7, 11) is 1.81. The van der Waals surface area contributed by atoms with Gasteiger partial charge < -0.3 is 0 Å². The first-order valence-electron chi connectivity index (χ1n) is 5.25. The molecule has 1 aromatic carbocycles. The van der Waals surface area contributed by atoms with Crippen LogP contribution in [0.25, 0.3) is 10.1 Å². The number of aryl methyl sites for hydroxylation is 1. The van der Waals surface area contributed by atoms with Crippen molar-refractivity contribution in [3.05, 3.63) is 53.2 Å². The minimum absolute atomic E-state index is 0.0335. The maximum absolute atomic E-state index is 12.3. The number of carbonyl (C=O) groups is 1. The second-order valence-electron chi connectivity index (χ2n) is 3.88. The fourth-order valence-electron chi connectivity index (χ4n) is 1.87. The predicted octanol–water partition coefficient (Wildman–Crippen LogP) is 2.87. The molecule has 0 aliphatic rings. The maximum Gasteiger partial charge on any atom is 0.197 e. The Hall–Kier alpha value is -1.94. The van der Waals surface area contributed by atoms with E-state index in [2.05, 4.69) is 5.10 Å². The van der Waals surface area contributed by atoms with Gasteiger partial charge in [-0.15, -0.1) is 11.3 Å². The van der Waals surface area contributed by atoms with Crippen LogP contribution in [0.4, 0.5) is 0 Å². The molecule has 0 radical (unpaired) electrons. The maximum atomic E-state index is 12.3.